The van der Waals surface area contributed by atoms with Crippen LogP contribution in [-0.2, 0) is 6.18 Å². The molecule has 2 rings (SSSR count). The lowest BCUT2D eigenvalue weighted by atomic mass is 10.0. The van der Waals surface area contributed by atoms with E-state index in [2.05, 4.69) is 5.32 Å². The Labute approximate surface area is 115 Å². The summed E-state index contributed by atoms with van der Waals surface area (Å²) >= 11 is 0. The number of nitrogens with two attached hydrogens (primary N) is 1. The van der Waals surface area contributed by atoms with Crippen molar-refractivity contribution in [2.45, 2.75) is 50.4 Å². The van der Waals surface area contributed by atoms with Crippen LogP contribution in [0.5, 0.6) is 0 Å². The van der Waals surface area contributed by atoms with Gasteiger partial charge in [0.25, 0.3) is 0 Å². The summed E-state index contributed by atoms with van der Waals surface area (Å²) in [6.45, 7) is 0. The van der Waals surface area contributed by atoms with Gasteiger partial charge >= 0.3 is 6.18 Å². The third-order valence-electron chi connectivity index (χ3n) is 3.71. The summed E-state index contributed by atoms with van der Waals surface area (Å²) in [5.74, 6) is -0.892. The van der Waals surface area contributed by atoms with Gasteiger partial charge in [-0.3, -0.25) is 0 Å². The standard InChI is InChI=1S/C14H18F4N2/c15-10-8-9(14(16,17)18)6-7-12(10)20-13-5-3-1-2-4-11(13)19/h6-8,11,13,20H,1-5,19H2. The van der Waals surface area contributed by atoms with Crippen molar-refractivity contribution in [3.05, 3.63) is 29.6 Å². The molecule has 0 aliphatic heterocycles. The first-order valence-electron chi connectivity index (χ1n) is 6.77. The molecule has 0 heterocycles. The van der Waals surface area contributed by atoms with Crippen molar-refractivity contribution in [1.29, 1.82) is 0 Å². The number of alkyl halides is 3. The topological polar surface area (TPSA) is 38.0 Å². The monoisotopic (exact) mass is 290 g/mol. The van der Waals surface area contributed by atoms with Gasteiger partial charge in [0.05, 0.1) is 11.3 Å². The Bertz CT molecular complexity index is 459. The van der Waals surface area contributed by atoms with Crippen molar-refractivity contribution in [1.82, 2.24) is 0 Å². The zero-order valence-corrected chi connectivity index (χ0v) is 11.0. The number of anilines is 1. The van der Waals surface area contributed by atoms with Crippen LogP contribution < -0.4 is 11.1 Å². The van der Waals surface area contributed by atoms with Crippen molar-refractivity contribution in [2.75, 3.05) is 5.32 Å². The molecule has 0 amide bonds. The van der Waals surface area contributed by atoms with E-state index in [1.165, 1.54) is 0 Å². The second-order valence-corrected chi connectivity index (χ2v) is 5.25. The van der Waals surface area contributed by atoms with Crippen LogP contribution in [0, 0.1) is 5.82 Å². The summed E-state index contributed by atoms with van der Waals surface area (Å²) in [5, 5.41) is 2.95. The maximum absolute atomic E-state index is 13.8. The van der Waals surface area contributed by atoms with E-state index in [0.29, 0.717) is 6.07 Å². The molecule has 6 heteroatoms. The molecule has 0 spiro atoms. The highest BCUT2D eigenvalue weighted by atomic mass is 19.4. The molecule has 0 aromatic heterocycles. The first-order chi connectivity index (χ1) is 9.38. The predicted molar refractivity (Wildman–Crippen MR) is 69.9 cm³/mol. The molecule has 2 atom stereocenters. The Hall–Kier alpha value is -1.30. The zero-order chi connectivity index (χ0) is 14.8. The highest BCUT2D eigenvalue weighted by Gasteiger charge is 2.31. The Balaban J connectivity index is 2.13. The van der Waals surface area contributed by atoms with Crippen LogP contribution in [0.3, 0.4) is 0 Å². The summed E-state index contributed by atoms with van der Waals surface area (Å²) in [7, 11) is 0. The Kier molecular flexibility index (Phi) is 4.52. The van der Waals surface area contributed by atoms with Crippen LogP contribution in [0.25, 0.3) is 0 Å². The van der Waals surface area contributed by atoms with Gasteiger partial charge in [-0.1, -0.05) is 19.3 Å². The molecular formula is C14H18F4N2. The average molecular weight is 290 g/mol. The summed E-state index contributed by atoms with van der Waals surface area (Å²) < 4.78 is 51.2. The van der Waals surface area contributed by atoms with Gasteiger partial charge in [-0.2, -0.15) is 13.2 Å². The van der Waals surface area contributed by atoms with E-state index >= 15 is 0 Å². The first kappa shape index (κ1) is 15.1. The molecule has 0 saturated heterocycles. The van der Waals surface area contributed by atoms with Gasteiger partial charge in [-0.15, -0.1) is 0 Å². The molecule has 1 aromatic carbocycles. The van der Waals surface area contributed by atoms with E-state index < -0.39 is 17.6 Å². The second kappa shape index (κ2) is 5.99. The number of rotatable bonds is 2. The van der Waals surface area contributed by atoms with E-state index in [-0.39, 0.29) is 17.8 Å². The summed E-state index contributed by atoms with van der Waals surface area (Å²) in [6, 6.07) is 2.34. The van der Waals surface area contributed by atoms with Gasteiger partial charge in [0.15, 0.2) is 0 Å². The Morgan fingerprint density at radius 3 is 2.45 bits per heavy atom. The zero-order valence-electron chi connectivity index (χ0n) is 11.0. The molecule has 1 aliphatic rings. The molecule has 0 radical (unpaired) electrons. The minimum atomic E-state index is -4.53. The van der Waals surface area contributed by atoms with Crippen LogP contribution in [0.4, 0.5) is 23.2 Å². The van der Waals surface area contributed by atoms with Crippen LogP contribution in [-0.4, -0.2) is 12.1 Å². The average Bonchev–Trinajstić information content (AvgIpc) is 2.56. The van der Waals surface area contributed by atoms with Gasteiger partial charge in [0.2, 0.25) is 0 Å². The SMILES string of the molecule is NC1CCCCCC1Nc1ccc(C(F)(F)F)cc1F. The van der Waals surface area contributed by atoms with Crippen molar-refractivity contribution < 1.29 is 17.6 Å². The van der Waals surface area contributed by atoms with Gasteiger partial charge in [0.1, 0.15) is 5.82 Å². The second-order valence-electron chi connectivity index (χ2n) is 5.25. The molecule has 1 saturated carbocycles. The minimum absolute atomic E-state index is 0.0837. The number of hydrogen-bond acceptors (Lipinski definition) is 2. The molecule has 0 bridgehead atoms. The van der Waals surface area contributed by atoms with E-state index in [1.54, 1.807) is 0 Å². The Morgan fingerprint density at radius 2 is 1.80 bits per heavy atom. The third kappa shape index (κ3) is 3.62. The molecule has 3 N–H and O–H groups in total. The molecule has 20 heavy (non-hydrogen) atoms. The number of halogens is 4. The minimum Gasteiger partial charge on any atom is -0.378 e. The van der Waals surface area contributed by atoms with Crippen LogP contribution in [0.1, 0.15) is 37.7 Å². The van der Waals surface area contributed by atoms with Crippen molar-refractivity contribution in [3.8, 4) is 0 Å². The fourth-order valence-corrected chi connectivity index (χ4v) is 2.52. The molecule has 112 valence electrons. The highest BCUT2D eigenvalue weighted by molar-refractivity contribution is 5.48. The predicted octanol–water partition coefficient (Wildman–Crippen LogP) is 3.92. The van der Waals surface area contributed by atoms with Crippen LogP contribution >= 0.6 is 0 Å². The molecule has 1 fully saturated rings. The lowest BCUT2D eigenvalue weighted by Gasteiger charge is -2.24. The summed E-state index contributed by atoms with van der Waals surface area (Å²) in [4.78, 5) is 0. The molecule has 2 nitrogen and oxygen atoms in total. The number of nitrogens with one attached hydrogen (secondary N) is 1. The van der Waals surface area contributed by atoms with E-state index in [0.717, 1.165) is 44.2 Å². The maximum atomic E-state index is 13.8. The molecule has 1 aliphatic carbocycles. The fraction of sp³-hybridized carbons (Fsp3) is 0.571. The van der Waals surface area contributed by atoms with Crippen molar-refractivity contribution in [3.63, 3.8) is 0 Å². The van der Waals surface area contributed by atoms with E-state index in [1.807, 2.05) is 0 Å². The van der Waals surface area contributed by atoms with Crippen LogP contribution in [0.2, 0.25) is 0 Å². The molecule has 1 aromatic rings. The van der Waals surface area contributed by atoms with Crippen molar-refractivity contribution >= 4 is 5.69 Å². The highest BCUT2D eigenvalue weighted by Crippen LogP contribution is 2.32. The largest absolute Gasteiger partial charge is 0.416 e. The maximum Gasteiger partial charge on any atom is 0.416 e. The van der Waals surface area contributed by atoms with Crippen molar-refractivity contribution in [2.24, 2.45) is 5.73 Å². The number of hydrogen-bond donors (Lipinski definition) is 2. The van der Waals surface area contributed by atoms with Gasteiger partial charge < -0.3 is 11.1 Å². The lowest BCUT2D eigenvalue weighted by Crippen LogP contribution is -2.39. The van der Waals surface area contributed by atoms with E-state index in [9.17, 15) is 17.6 Å². The normalized spacial score (nSPS) is 24.2. The molecular weight excluding hydrogens is 272 g/mol. The summed E-state index contributed by atoms with van der Waals surface area (Å²) in [6.07, 6.45) is 0.240. The van der Waals surface area contributed by atoms with E-state index in [4.69, 9.17) is 5.73 Å². The lowest BCUT2D eigenvalue weighted by molar-refractivity contribution is -0.137. The van der Waals surface area contributed by atoms with Gasteiger partial charge in [0, 0.05) is 12.1 Å². The first-order valence-corrected chi connectivity index (χ1v) is 6.77. The third-order valence-corrected chi connectivity index (χ3v) is 3.71. The fourth-order valence-electron chi connectivity index (χ4n) is 2.52. The quantitative estimate of drug-likeness (QED) is 0.640. The summed E-state index contributed by atoms with van der Waals surface area (Å²) in [5.41, 5.74) is 5.11. The van der Waals surface area contributed by atoms with Gasteiger partial charge in [-0.05, 0) is 31.0 Å². The molecule has 2 unspecified atom stereocenters. The van der Waals surface area contributed by atoms with Crippen LogP contribution in [0.15, 0.2) is 18.2 Å². The number of benzene rings is 1. The Morgan fingerprint density at radius 1 is 1.10 bits per heavy atom. The smallest absolute Gasteiger partial charge is 0.378 e. The van der Waals surface area contributed by atoms with Gasteiger partial charge in [-0.25, -0.2) is 4.39 Å².